The Morgan fingerprint density at radius 1 is 1.44 bits per heavy atom. The van der Waals surface area contributed by atoms with Crippen LogP contribution in [0.15, 0.2) is 29.3 Å². The predicted molar refractivity (Wildman–Crippen MR) is 74.6 cm³/mol. The molecule has 1 fully saturated rings. The van der Waals surface area contributed by atoms with Gasteiger partial charge < -0.3 is 11.1 Å². The largest absolute Gasteiger partial charge is 0.370 e. The third-order valence-electron chi connectivity index (χ3n) is 3.98. The summed E-state index contributed by atoms with van der Waals surface area (Å²) in [5, 5.41) is 3.38. The van der Waals surface area contributed by atoms with Crippen LogP contribution in [0.2, 0.25) is 0 Å². The number of benzene rings is 1. The average molecular weight is 243 g/mol. The number of hydrogen-bond donors (Lipinski definition) is 2. The summed E-state index contributed by atoms with van der Waals surface area (Å²) in [6.45, 7) is 5.11. The lowest BCUT2D eigenvalue weighted by Crippen LogP contribution is -2.35. The Morgan fingerprint density at radius 2 is 2.22 bits per heavy atom. The molecular formula is C15H21N3. The smallest absolute Gasteiger partial charge is 0.188 e. The van der Waals surface area contributed by atoms with Gasteiger partial charge in [0.15, 0.2) is 5.96 Å². The van der Waals surface area contributed by atoms with Crippen molar-refractivity contribution >= 4 is 5.96 Å². The first-order chi connectivity index (χ1) is 8.66. The first-order valence-electron chi connectivity index (χ1n) is 6.81. The van der Waals surface area contributed by atoms with Gasteiger partial charge in [-0.2, -0.15) is 0 Å². The minimum Gasteiger partial charge on any atom is -0.370 e. The van der Waals surface area contributed by atoms with Crippen LogP contribution in [0.4, 0.5) is 0 Å². The monoisotopic (exact) mass is 243 g/mol. The van der Waals surface area contributed by atoms with Gasteiger partial charge in [-0.25, -0.2) is 0 Å². The van der Waals surface area contributed by atoms with E-state index in [0.29, 0.717) is 23.8 Å². The van der Waals surface area contributed by atoms with Crippen LogP contribution in [0, 0.1) is 11.8 Å². The average Bonchev–Trinajstić information content (AvgIpc) is 2.85. The maximum absolute atomic E-state index is 5.93. The lowest BCUT2D eigenvalue weighted by molar-refractivity contribution is 0.658. The summed E-state index contributed by atoms with van der Waals surface area (Å²) in [5.74, 6) is 2.56. The fourth-order valence-corrected chi connectivity index (χ4v) is 3.05. The van der Waals surface area contributed by atoms with Crippen molar-refractivity contribution in [3.05, 3.63) is 35.4 Å². The highest BCUT2D eigenvalue weighted by molar-refractivity contribution is 5.79. The molecule has 1 aromatic rings. The molecule has 3 unspecified atom stereocenters. The Kier molecular flexibility index (Phi) is 2.77. The van der Waals surface area contributed by atoms with Crippen molar-refractivity contribution in [3.63, 3.8) is 0 Å². The van der Waals surface area contributed by atoms with E-state index >= 15 is 0 Å². The molecule has 2 aliphatic rings. The van der Waals surface area contributed by atoms with E-state index in [-0.39, 0.29) is 0 Å². The molecule has 3 rings (SSSR count). The standard InChI is InChI=1S/C15H21N3/c1-9(2)8-17-15(16)18-14-12-7-10-5-3-4-6-11(10)13(12)14/h3-6,9,12-14H,7-8H2,1-2H3,(H3,16,17,18). The number of fused-ring (bicyclic) bond motifs is 3. The molecule has 0 heterocycles. The second-order valence-electron chi connectivity index (χ2n) is 5.88. The molecule has 0 spiro atoms. The van der Waals surface area contributed by atoms with Crippen molar-refractivity contribution in [2.24, 2.45) is 22.6 Å². The SMILES string of the molecule is CC(C)CN=C(N)NC1C2Cc3ccccc3C21. The Morgan fingerprint density at radius 3 is 3.00 bits per heavy atom. The van der Waals surface area contributed by atoms with Crippen LogP contribution in [-0.4, -0.2) is 18.5 Å². The molecule has 1 saturated carbocycles. The highest BCUT2D eigenvalue weighted by atomic mass is 15.1. The van der Waals surface area contributed by atoms with E-state index in [1.165, 1.54) is 17.5 Å². The number of nitrogens with two attached hydrogens (primary N) is 1. The van der Waals surface area contributed by atoms with E-state index in [1.54, 1.807) is 0 Å². The molecule has 3 atom stereocenters. The second kappa shape index (κ2) is 4.30. The van der Waals surface area contributed by atoms with Crippen LogP contribution >= 0.6 is 0 Å². The zero-order chi connectivity index (χ0) is 12.7. The minimum absolute atomic E-state index is 0.510. The van der Waals surface area contributed by atoms with Crippen LogP contribution in [0.5, 0.6) is 0 Å². The second-order valence-corrected chi connectivity index (χ2v) is 5.88. The van der Waals surface area contributed by atoms with Gasteiger partial charge in [-0.3, -0.25) is 4.99 Å². The van der Waals surface area contributed by atoms with E-state index in [9.17, 15) is 0 Å². The van der Waals surface area contributed by atoms with Gasteiger partial charge in [0.2, 0.25) is 0 Å². The first kappa shape index (κ1) is 11.6. The molecule has 96 valence electrons. The molecule has 3 nitrogen and oxygen atoms in total. The Hall–Kier alpha value is -1.51. The third kappa shape index (κ3) is 1.98. The van der Waals surface area contributed by atoms with Gasteiger partial charge in [0.1, 0.15) is 0 Å². The molecule has 18 heavy (non-hydrogen) atoms. The minimum atomic E-state index is 0.510. The summed E-state index contributed by atoms with van der Waals surface area (Å²) in [7, 11) is 0. The van der Waals surface area contributed by atoms with Gasteiger partial charge in [-0.05, 0) is 29.4 Å². The van der Waals surface area contributed by atoms with E-state index in [2.05, 4.69) is 48.4 Å². The van der Waals surface area contributed by atoms with Crippen LogP contribution in [0.25, 0.3) is 0 Å². The van der Waals surface area contributed by atoms with E-state index in [4.69, 9.17) is 5.73 Å². The van der Waals surface area contributed by atoms with Gasteiger partial charge in [0.25, 0.3) is 0 Å². The number of nitrogens with zero attached hydrogens (tertiary/aromatic N) is 1. The Balaban J connectivity index is 1.62. The van der Waals surface area contributed by atoms with Gasteiger partial charge in [-0.1, -0.05) is 38.1 Å². The molecule has 3 N–H and O–H groups in total. The molecule has 0 saturated heterocycles. The summed E-state index contributed by atoms with van der Waals surface area (Å²) in [4.78, 5) is 4.37. The van der Waals surface area contributed by atoms with Crippen molar-refractivity contribution in [1.82, 2.24) is 5.32 Å². The quantitative estimate of drug-likeness (QED) is 0.629. The highest BCUT2D eigenvalue weighted by Gasteiger charge is 2.55. The molecule has 0 bridgehead atoms. The van der Waals surface area contributed by atoms with Crippen molar-refractivity contribution in [2.45, 2.75) is 32.2 Å². The third-order valence-corrected chi connectivity index (χ3v) is 3.98. The summed E-state index contributed by atoms with van der Waals surface area (Å²) in [6, 6.07) is 9.27. The van der Waals surface area contributed by atoms with E-state index in [1.807, 2.05) is 0 Å². The highest BCUT2D eigenvalue weighted by Crippen LogP contribution is 2.56. The maximum atomic E-state index is 5.93. The van der Waals surface area contributed by atoms with Gasteiger partial charge in [0.05, 0.1) is 0 Å². The molecular weight excluding hydrogens is 222 g/mol. The van der Waals surface area contributed by atoms with Gasteiger partial charge in [0, 0.05) is 18.5 Å². The molecule has 1 aromatic carbocycles. The molecule has 0 amide bonds. The number of rotatable bonds is 3. The molecule has 0 radical (unpaired) electrons. The summed E-state index contributed by atoms with van der Waals surface area (Å²) < 4.78 is 0. The van der Waals surface area contributed by atoms with Crippen molar-refractivity contribution in [1.29, 1.82) is 0 Å². The Labute approximate surface area is 108 Å². The lowest BCUT2D eigenvalue weighted by Gasteiger charge is -2.10. The maximum Gasteiger partial charge on any atom is 0.188 e. The van der Waals surface area contributed by atoms with Crippen LogP contribution in [-0.2, 0) is 6.42 Å². The fourth-order valence-electron chi connectivity index (χ4n) is 3.05. The van der Waals surface area contributed by atoms with Crippen molar-refractivity contribution in [2.75, 3.05) is 6.54 Å². The number of nitrogens with one attached hydrogen (secondary N) is 1. The summed E-state index contributed by atoms with van der Waals surface area (Å²) in [6.07, 6.45) is 1.19. The van der Waals surface area contributed by atoms with Crippen LogP contribution < -0.4 is 11.1 Å². The fraction of sp³-hybridized carbons (Fsp3) is 0.533. The van der Waals surface area contributed by atoms with Crippen molar-refractivity contribution in [3.8, 4) is 0 Å². The first-order valence-corrected chi connectivity index (χ1v) is 6.81. The zero-order valence-corrected chi connectivity index (χ0v) is 11.1. The lowest BCUT2D eigenvalue weighted by atomic mass is 10.1. The number of hydrogen-bond acceptors (Lipinski definition) is 1. The molecule has 3 heteroatoms. The summed E-state index contributed by atoms with van der Waals surface area (Å²) >= 11 is 0. The Bertz CT molecular complexity index is 478. The predicted octanol–water partition coefficient (Wildman–Crippen LogP) is 1.88. The number of guanidine groups is 1. The molecule has 2 aliphatic carbocycles. The molecule has 0 aromatic heterocycles. The topological polar surface area (TPSA) is 50.4 Å². The van der Waals surface area contributed by atoms with Gasteiger partial charge in [-0.15, -0.1) is 0 Å². The van der Waals surface area contributed by atoms with Crippen LogP contribution in [0.3, 0.4) is 0 Å². The summed E-state index contributed by atoms with van der Waals surface area (Å²) in [5.41, 5.74) is 8.95. The van der Waals surface area contributed by atoms with E-state index < -0.39 is 0 Å². The number of aliphatic imine (C=N–C) groups is 1. The zero-order valence-electron chi connectivity index (χ0n) is 11.1. The molecule has 0 aliphatic heterocycles. The van der Waals surface area contributed by atoms with Gasteiger partial charge >= 0.3 is 0 Å². The van der Waals surface area contributed by atoms with Crippen molar-refractivity contribution < 1.29 is 0 Å². The van der Waals surface area contributed by atoms with E-state index in [0.717, 1.165) is 12.5 Å². The van der Waals surface area contributed by atoms with Crippen LogP contribution in [0.1, 0.15) is 30.9 Å². The normalized spacial score (nSPS) is 29.1.